The number of rotatable bonds is 9. The Morgan fingerprint density at radius 3 is 2.29 bits per heavy atom. The summed E-state index contributed by atoms with van der Waals surface area (Å²) < 4.78 is 32.8. The summed E-state index contributed by atoms with van der Waals surface area (Å²) in [4.78, 5) is 24.4. The Bertz CT molecular complexity index is 1110. The van der Waals surface area contributed by atoms with Gasteiger partial charge >= 0.3 is 11.9 Å². The Kier molecular flexibility index (Phi) is 8.99. The highest BCUT2D eigenvalue weighted by molar-refractivity contribution is 5.93. The summed E-state index contributed by atoms with van der Waals surface area (Å²) >= 11 is 0. The van der Waals surface area contributed by atoms with Gasteiger partial charge in [-0.15, -0.1) is 0 Å². The predicted molar refractivity (Wildman–Crippen MR) is 134 cm³/mol. The van der Waals surface area contributed by atoms with E-state index in [1.54, 1.807) is 0 Å². The van der Waals surface area contributed by atoms with Gasteiger partial charge in [-0.2, -0.15) is 0 Å². The molecule has 2 aromatic carbocycles. The number of carboxylic acids is 1. The predicted octanol–water partition coefficient (Wildman–Crippen LogP) is 8.06. The lowest BCUT2D eigenvalue weighted by molar-refractivity contribution is -0.135. The van der Waals surface area contributed by atoms with E-state index in [9.17, 15) is 23.5 Å². The number of hydrogen-bond donors (Lipinski definition) is 1. The second-order valence-corrected chi connectivity index (χ2v) is 11.2. The van der Waals surface area contributed by atoms with Crippen LogP contribution in [0, 0.1) is 28.4 Å². The molecule has 2 rings (SSSR count). The zero-order chi connectivity index (χ0) is 26.6. The van der Waals surface area contributed by atoms with Crippen LogP contribution in [0.15, 0.2) is 48.0 Å². The van der Waals surface area contributed by atoms with E-state index in [1.165, 1.54) is 29.8 Å². The zero-order valence-corrected chi connectivity index (χ0v) is 21.7. The Morgan fingerprint density at radius 1 is 1.06 bits per heavy atom. The normalized spacial score (nSPS) is 13.5. The Morgan fingerprint density at radius 2 is 1.71 bits per heavy atom. The first-order valence-corrected chi connectivity index (χ1v) is 11.8. The summed E-state index contributed by atoms with van der Waals surface area (Å²) in [5.74, 6) is -3.49. The number of carbonyl (C=O) groups excluding carboxylic acids is 1. The molecule has 0 aliphatic heterocycles. The molecule has 35 heavy (non-hydrogen) atoms. The highest BCUT2D eigenvalue weighted by atomic mass is 19.1. The number of benzene rings is 2. The van der Waals surface area contributed by atoms with E-state index >= 15 is 0 Å². The number of ether oxygens (including phenoxy) is 1. The fourth-order valence-electron chi connectivity index (χ4n) is 3.97. The van der Waals surface area contributed by atoms with Crippen molar-refractivity contribution in [1.29, 1.82) is 0 Å². The van der Waals surface area contributed by atoms with Crippen LogP contribution in [0.2, 0.25) is 0 Å². The van der Waals surface area contributed by atoms with Crippen LogP contribution in [0.5, 0.6) is 5.75 Å². The van der Waals surface area contributed by atoms with Gasteiger partial charge in [-0.05, 0) is 66.3 Å². The molecule has 0 aliphatic rings. The maximum Gasteiger partial charge on any atom is 0.339 e. The van der Waals surface area contributed by atoms with E-state index in [-0.39, 0.29) is 45.6 Å². The second kappa shape index (κ2) is 11.1. The van der Waals surface area contributed by atoms with Gasteiger partial charge in [0.2, 0.25) is 0 Å². The molecule has 0 aromatic heterocycles. The molecular weight excluding hydrogens is 450 g/mol. The summed E-state index contributed by atoms with van der Waals surface area (Å²) in [5.41, 5.74) is 1.40. The second-order valence-electron chi connectivity index (χ2n) is 11.2. The fourth-order valence-corrected chi connectivity index (χ4v) is 3.97. The van der Waals surface area contributed by atoms with E-state index in [1.807, 2.05) is 6.92 Å². The van der Waals surface area contributed by atoms with Gasteiger partial charge in [0, 0.05) is 18.1 Å². The van der Waals surface area contributed by atoms with Gasteiger partial charge in [0.15, 0.2) is 0 Å². The molecule has 6 heteroatoms. The van der Waals surface area contributed by atoms with Crippen molar-refractivity contribution in [2.24, 2.45) is 16.7 Å². The smallest absolute Gasteiger partial charge is 0.339 e. The molecule has 1 atom stereocenters. The van der Waals surface area contributed by atoms with Gasteiger partial charge in [-0.25, -0.2) is 13.6 Å². The minimum Gasteiger partial charge on any atom is -0.478 e. The molecule has 0 amide bonds. The Hall–Kier alpha value is -3.02. The van der Waals surface area contributed by atoms with Crippen LogP contribution in [-0.2, 0) is 4.79 Å². The summed E-state index contributed by atoms with van der Waals surface area (Å²) in [7, 11) is 0. The molecule has 2 aromatic rings. The highest BCUT2D eigenvalue weighted by Gasteiger charge is 2.26. The zero-order valence-electron chi connectivity index (χ0n) is 21.7. The standard InChI is InChI=1S/C29H36F2O4/c1-18(17-29(6,7)19(2)12-13-28(3,4)5)14-26(32)35-25-11-8-20(15-23(25)27(33)34)22-10-9-21(30)16-24(22)31/h8-12,15-16,18H,13-14,17H2,1-7H3,(H,33,34)/b19-12+. The van der Waals surface area contributed by atoms with Crippen molar-refractivity contribution in [3.05, 3.63) is 65.2 Å². The summed E-state index contributed by atoms with van der Waals surface area (Å²) in [6, 6.07) is 7.05. The van der Waals surface area contributed by atoms with Crippen LogP contribution in [0.3, 0.4) is 0 Å². The molecule has 4 nitrogen and oxygen atoms in total. The fraction of sp³-hybridized carbons (Fsp3) is 0.448. The van der Waals surface area contributed by atoms with Crippen molar-refractivity contribution in [2.75, 3.05) is 0 Å². The van der Waals surface area contributed by atoms with E-state index in [0.29, 0.717) is 0 Å². The van der Waals surface area contributed by atoms with Crippen molar-refractivity contribution < 1.29 is 28.2 Å². The van der Waals surface area contributed by atoms with Crippen molar-refractivity contribution in [3.63, 3.8) is 0 Å². The summed E-state index contributed by atoms with van der Waals surface area (Å²) in [6.45, 7) is 15.0. The Balaban J connectivity index is 2.12. The average molecular weight is 487 g/mol. The molecule has 0 spiro atoms. The Labute approximate surface area is 207 Å². The van der Waals surface area contributed by atoms with Gasteiger partial charge in [-0.1, -0.05) is 59.3 Å². The van der Waals surface area contributed by atoms with E-state index in [4.69, 9.17) is 4.74 Å². The first kappa shape index (κ1) is 28.2. The van der Waals surface area contributed by atoms with Crippen LogP contribution < -0.4 is 4.74 Å². The number of hydrogen-bond acceptors (Lipinski definition) is 3. The van der Waals surface area contributed by atoms with Crippen molar-refractivity contribution in [3.8, 4) is 16.9 Å². The minimum absolute atomic E-state index is 0.0105. The van der Waals surface area contributed by atoms with Crippen LogP contribution in [0.25, 0.3) is 11.1 Å². The summed E-state index contributed by atoms with van der Waals surface area (Å²) in [5, 5.41) is 9.62. The first-order valence-electron chi connectivity index (χ1n) is 11.8. The number of carbonyl (C=O) groups is 2. The molecule has 0 fully saturated rings. The number of carboxylic acid groups (broad SMARTS) is 1. The van der Waals surface area contributed by atoms with Crippen LogP contribution in [0.1, 0.15) is 78.1 Å². The maximum atomic E-state index is 14.1. The molecule has 0 saturated heterocycles. The van der Waals surface area contributed by atoms with Crippen molar-refractivity contribution in [2.45, 2.75) is 67.7 Å². The molecule has 0 heterocycles. The number of esters is 1. The lowest BCUT2D eigenvalue weighted by Crippen LogP contribution is -2.21. The van der Waals surface area contributed by atoms with Gasteiger partial charge in [-0.3, -0.25) is 4.79 Å². The van der Waals surface area contributed by atoms with E-state index in [0.717, 1.165) is 25.0 Å². The third kappa shape index (κ3) is 8.30. The van der Waals surface area contributed by atoms with E-state index in [2.05, 4.69) is 47.6 Å². The lowest BCUT2D eigenvalue weighted by atomic mass is 9.75. The van der Waals surface area contributed by atoms with Crippen molar-refractivity contribution >= 4 is 11.9 Å². The van der Waals surface area contributed by atoms with Gasteiger partial charge in [0.1, 0.15) is 22.9 Å². The number of aromatic carboxylic acids is 1. The average Bonchev–Trinajstić information content (AvgIpc) is 2.71. The van der Waals surface area contributed by atoms with Gasteiger partial charge < -0.3 is 9.84 Å². The third-order valence-corrected chi connectivity index (χ3v) is 6.14. The molecule has 0 aliphatic carbocycles. The third-order valence-electron chi connectivity index (χ3n) is 6.14. The minimum atomic E-state index is -1.31. The molecule has 1 unspecified atom stereocenters. The highest BCUT2D eigenvalue weighted by Crippen LogP contribution is 2.36. The molecule has 190 valence electrons. The van der Waals surface area contributed by atoms with E-state index < -0.39 is 23.6 Å². The molecule has 0 radical (unpaired) electrons. The molecule has 0 bridgehead atoms. The van der Waals surface area contributed by atoms with Crippen LogP contribution in [-0.4, -0.2) is 17.0 Å². The number of halogens is 2. The quantitative estimate of drug-likeness (QED) is 0.221. The maximum absolute atomic E-state index is 14.1. The van der Waals surface area contributed by atoms with Gasteiger partial charge in [0.05, 0.1) is 0 Å². The SMILES string of the molecule is C/C(=C\CC(C)(C)C)C(C)(C)CC(C)CC(=O)Oc1ccc(-c2ccc(F)cc2F)cc1C(=O)O. The molecule has 1 N–H and O–H groups in total. The van der Waals surface area contributed by atoms with Gasteiger partial charge in [0.25, 0.3) is 0 Å². The largest absolute Gasteiger partial charge is 0.478 e. The van der Waals surface area contributed by atoms with Crippen LogP contribution >= 0.6 is 0 Å². The number of allylic oxidation sites excluding steroid dienone is 2. The van der Waals surface area contributed by atoms with Crippen molar-refractivity contribution in [1.82, 2.24) is 0 Å². The topological polar surface area (TPSA) is 63.6 Å². The molecular formula is C29H36F2O4. The molecule has 0 saturated carbocycles. The lowest BCUT2D eigenvalue weighted by Gasteiger charge is -2.30. The first-order chi connectivity index (χ1) is 16.1. The summed E-state index contributed by atoms with van der Waals surface area (Å²) in [6.07, 6.45) is 4.12. The van der Waals surface area contributed by atoms with Crippen LogP contribution in [0.4, 0.5) is 8.78 Å². The monoisotopic (exact) mass is 486 g/mol.